The van der Waals surface area contributed by atoms with Crippen molar-refractivity contribution < 1.29 is 13.6 Å². The summed E-state index contributed by atoms with van der Waals surface area (Å²) in [6, 6.07) is 12.4. The molecule has 0 heterocycles. The Morgan fingerprint density at radius 1 is 1.05 bits per heavy atom. The van der Waals surface area contributed by atoms with Crippen molar-refractivity contribution >= 4 is 11.7 Å². The van der Waals surface area contributed by atoms with Gasteiger partial charge < -0.3 is 10.6 Å². The van der Waals surface area contributed by atoms with E-state index in [9.17, 15) is 13.6 Å². The summed E-state index contributed by atoms with van der Waals surface area (Å²) in [7, 11) is 0. The first-order chi connectivity index (χ1) is 10.1. The highest BCUT2D eigenvalue weighted by Crippen LogP contribution is 2.14. The third kappa shape index (κ3) is 4.87. The quantitative estimate of drug-likeness (QED) is 0.810. The summed E-state index contributed by atoms with van der Waals surface area (Å²) in [5, 5.41) is 4.98. The predicted molar refractivity (Wildman–Crippen MR) is 78.1 cm³/mol. The zero-order chi connectivity index (χ0) is 15.1. The number of carbonyl (C=O) groups excluding carboxylic acids is 1. The number of nitrogens with one attached hydrogen (secondary N) is 2. The van der Waals surface area contributed by atoms with Crippen LogP contribution in [0.1, 0.15) is 12.0 Å². The highest BCUT2D eigenvalue weighted by Gasteiger charge is 2.07. The molecule has 5 heteroatoms. The minimum atomic E-state index is -0.797. The molecule has 0 aromatic heterocycles. The lowest BCUT2D eigenvalue weighted by atomic mass is 10.1. The minimum Gasteiger partial charge on any atom is -0.338 e. The number of benzene rings is 2. The average Bonchev–Trinajstić information content (AvgIpc) is 2.48. The zero-order valence-corrected chi connectivity index (χ0v) is 11.4. The lowest BCUT2D eigenvalue weighted by molar-refractivity contribution is 0.252. The fourth-order valence-corrected chi connectivity index (χ4v) is 1.90. The summed E-state index contributed by atoms with van der Waals surface area (Å²) in [5.41, 5.74) is 1.15. The molecule has 21 heavy (non-hydrogen) atoms. The molecule has 110 valence electrons. The average molecular weight is 290 g/mol. The molecule has 0 fully saturated rings. The predicted octanol–water partition coefficient (Wildman–Crippen LogP) is 3.72. The van der Waals surface area contributed by atoms with Gasteiger partial charge in [-0.2, -0.15) is 0 Å². The molecule has 0 saturated heterocycles. The van der Waals surface area contributed by atoms with Crippen LogP contribution in [-0.2, 0) is 6.42 Å². The lowest BCUT2D eigenvalue weighted by Crippen LogP contribution is -2.30. The van der Waals surface area contributed by atoms with Gasteiger partial charge in [0.1, 0.15) is 11.6 Å². The number of rotatable bonds is 5. The first-order valence-corrected chi connectivity index (χ1v) is 6.69. The van der Waals surface area contributed by atoms with Crippen LogP contribution in [0, 0.1) is 11.6 Å². The summed E-state index contributed by atoms with van der Waals surface area (Å²) >= 11 is 0. The molecule has 2 amide bonds. The molecule has 0 spiro atoms. The Morgan fingerprint density at radius 2 is 1.81 bits per heavy atom. The van der Waals surface area contributed by atoms with Crippen molar-refractivity contribution in [1.29, 1.82) is 0 Å². The van der Waals surface area contributed by atoms with Gasteiger partial charge >= 0.3 is 6.03 Å². The smallest absolute Gasteiger partial charge is 0.319 e. The fourth-order valence-electron chi connectivity index (χ4n) is 1.90. The Labute approximate surface area is 122 Å². The van der Waals surface area contributed by atoms with Crippen LogP contribution < -0.4 is 10.6 Å². The van der Waals surface area contributed by atoms with Gasteiger partial charge in [0.25, 0.3) is 0 Å². The summed E-state index contributed by atoms with van der Waals surface area (Å²) in [5.74, 6) is -1.48. The van der Waals surface area contributed by atoms with Crippen molar-refractivity contribution in [2.75, 3.05) is 11.9 Å². The largest absolute Gasteiger partial charge is 0.338 e. The van der Waals surface area contributed by atoms with Crippen LogP contribution in [0.2, 0.25) is 0 Å². The van der Waals surface area contributed by atoms with E-state index in [0.29, 0.717) is 6.54 Å². The van der Waals surface area contributed by atoms with Crippen molar-refractivity contribution in [2.24, 2.45) is 0 Å². The molecule has 0 aliphatic heterocycles. The summed E-state index contributed by atoms with van der Waals surface area (Å²) in [4.78, 5) is 11.6. The second-order valence-electron chi connectivity index (χ2n) is 4.59. The number of hydrogen-bond donors (Lipinski definition) is 2. The number of amides is 2. The van der Waals surface area contributed by atoms with E-state index in [0.717, 1.165) is 25.0 Å². The van der Waals surface area contributed by atoms with Crippen LogP contribution in [-0.4, -0.2) is 12.6 Å². The third-order valence-electron chi connectivity index (χ3n) is 2.95. The van der Waals surface area contributed by atoms with E-state index in [1.165, 1.54) is 11.6 Å². The van der Waals surface area contributed by atoms with Gasteiger partial charge in [-0.15, -0.1) is 0 Å². The molecule has 0 atom stereocenters. The Kier molecular flexibility index (Phi) is 5.26. The monoisotopic (exact) mass is 290 g/mol. The topological polar surface area (TPSA) is 41.1 Å². The number of urea groups is 1. The molecule has 0 aliphatic carbocycles. The summed E-state index contributed by atoms with van der Waals surface area (Å²) in [6.45, 7) is 0.476. The first-order valence-electron chi connectivity index (χ1n) is 6.69. The molecular weight excluding hydrogens is 274 g/mol. The minimum absolute atomic E-state index is 0.0445. The number of halogens is 2. The Bertz CT molecular complexity index is 602. The van der Waals surface area contributed by atoms with Gasteiger partial charge in [-0.25, -0.2) is 13.6 Å². The van der Waals surface area contributed by atoms with Gasteiger partial charge in [0.05, 0.1) is 5.69 Å². The maximum Gasteiger partial charge on any atom is 0.319 e. The van der Waals surface area contributed by atoms with Gasteiger partial charge in [0, 0.05) is 12.6 Å². The van der Waals surface area contributed by atoms with Crippen molar-refractivity contribution in [1.82, 2.24) is 5.32 Å². The number of anilines is 1. The van der Waals surface area contributed by atoms with Crippen molar-refractivity contribution in [3.63, 3.8) is 0 Å². The first kappa shape index (κ1) is 15.0. The second kappa shape index (κ2) is 7.38. The molecule has 2 N–H and O–H groups in total. The number of aryl methyl sites for hydroxylation is 1. The molecule has 0 bridgehead atoms. The van der Waals surface area contributed by atoms with Crippen LogP contribution >= 0.6 is 0 Å². The molecule has 0 aliphatic rings. The van der Waals surface area contributed by atoms with E-state index < -0.39 is 17.7 Å². The highest BCUT2D eigenvalue weighted by atomic mass is 19.1. The van der Waals surface area contributed by atoms with Crippen LogP contribution in [0.15, 0.2) is 48.5 Å². The molecular formula is C16H16F2N2O. The van der Waals surface area contributed by atoms with E-state index in [-0.39, 0.29) is 5.69 Å². The maximum absolute atomic E-state index is 13.3. The highest BCUT2D eigenvalue weighted by molar-refractivity contribution is 5.89. The van der Waals surface area contributed by atoms with Crippen LogP contribution in [0.3, 0.4) is 0 Å². The van der Waals surface area contributed by atoms with Gasteiger partial charge in [-0.1, -0.05) is 30.3 Å². The Hall–Kier alpha value is -2.43. The standard InChI is InChI=1S/C16H16F2N2O/c17-13-8-9-15(14(18)11-13)20-16(21)19-10-4-7-12-5-2-1-3-6-12/h1-3,5-6,8-9,11H,4,7,10H2,(H2,19,20,21). The molecule has 0 saturated carbocycles. The second-order valence-corrected chi connectivity index (χ2v) is 4.59. The lowest BCUT2D eigenvalue weighted by Gasteiger charge is -2.08. The van der Waals surface area contributed by atoms with E-state index >= 15 is 0 Å². The normalized spacial score (nSPS) is 10.2. The van der Waals surface area contributed by atoms with Crippen molar-refractivity contribution in [3.8, 4) is 0 Å². The molecule has 2 aromatic carbocycles. The SMILES string of the molecule is O=C(NCCCc1ccccc1)Nc1ccc(F)cc1F. The van der Waals surface area contributed by atoms with Gasteiger partial charge in [-0.3, -0.25) is 0 Å². The molecule has 0 unspecified atom stereocenters. The van der Waals surface area contributed by atoms with Crippen LogP contribution in [0.25, 0.3) is 0 Å². The van der Waals surface area contributed by atoms with Crippen molar-refractivity contribution in [2.45, 2.75) is 12.8 Å². The fraction of sp³-hybridized carbons (Fsp3) is 0.188. The number of carbonyl (C=O) groups is 1. The van der Waals surface area contributed by atoms with E-state index in [1.54, 1.807) is 0 Å². The van der Waals surface area contributed by atoms with Crippen LogP contribution in [0.4, 0.5) is 19.3 Å². The van der Waals surface area contributed by atoms with Gasteiger partial charge in [0.15, 0.2) is 0 Å². The molecule has 2 aromatic rings. The van der Waals surface area contributed by atoms with Crippen molar-refractivity contribution in [3.05, 3.63) is 65.7 Å². The van der Waals surface area contributed by atoms with E-state index in [2.05, 4.69) is 10.6 Å². The number of hydrogen-bond acceptors (Lipinski definition) is 1. The van der Waals surface area contributed by atoms with Gasteiger partial charge in [-0.05, 0) is 30.5 Å². The molecule has 2 rings (SSSR count). The van der Waals surface area contributed by atoms with E-state index in [4.69, 9.17) is 0 Å². The molecule has 0 radical (unpaired) electrons. The van der Waals surface area contributed by atoms with Crippen LogP contribution in [0.5, 0.6) is 0 Å². The maximum atomic E-state index is 13.3. The third-order valence-corrected chi connectivity index (χ3v) is 2.95. The summed E-state index contributed by atoms with van der Waals surface area (Å²) in [6.07, 6.45) is 1.63. The van der Waals surface area contributed by atoms with Gasteiger partial charge in [0.2, 0.25) is 0 Å². The zero-order valence-electron chi connectivity index (χ0n) is 11.4. The Balaban J connectivity index is 1.72. The van der Waals surface area contributed by atoms with E-state index in [1.807, 2.05) is 30.3 Å². The molecule has 3 nitrogen and oxygen atoms in total. The Morgan fingerprint density at radius 3 is 2.52 bits per heavy atom. The summed E-state index contributed by atoms with van der Waals surface area (Å²) < 4.78 is 26.1.